The fourth-order valence-corrected chi connectivity index (χ4v) is 4.12. The van der Waals surface area contributed by atoms with Gasteiger partial charge in [0.1, 0.15) is 6.61 Å². The largest absolute Gasteiger partial charge is 0.493 e. The Labute approximate surface area is 212 Å². The number of carbonyl (C=O) groups is 1. The van der Waals surface area contributed by atoms with Crippen LogP contribution in [0.1, 0.15) is 89.5 Å². The molecule has 1 amide bonds. The molecule has 0 saturated carbocycles. The van der Waals surface area contributed by atoms with Crippen molar-refractivity contribution in [2.24, 2.45) is 5.73 Å². The Morgan fingerprint density at radius 3 is 2.38 bits per heavy atom. The van der Waals surface area contributed by atoms with Gasteiger partial charge in [-0.3, -0.25) is 9.52 Å². The van der Waals surface area contributed by atoms with Gasteiger partial charge in [-0.05, 0) is 68.2 Å². The van der Waals surface area contributed by atoms with Gasteiger partial charge in [-0.2, -0.15) is 0 Å². The minimum atomic E-state index is 0.102. The average Bonchev–Trinajstić information content (AvgIpc) is 2.85. The first-order valence-corrected chi connectivity index (χ1v) is 13.9. The third-order valence-electron chi connectivity index (χ3n) is 5.38. The quantitative estimate of drug-likeness (QED) is 0.109. The molecule has 5 nitrogen and oxygen atoms in total. The zero-order chi connectivity index (χ0) is 24.7. The first-order chi connectivity index (χ1) is 16.7. The molecule has 0 heterocycles. The standard InChI is InChI=1S/C28H46N2O3S/c1-3-4-5-6-7-8-9-10-11-12-13-14-15-16-17-18-28(31)30-34-24-25-19-20-26(33-22-21-29)27(23-25)32-2/h7-8,10-11,19-20,23H,3-6,9,12-18,21-22,24,29H2,1-2H3,(H,30,31). The maximum atomic E-state index is 12.1. The number of amides is 1. The molecule has 192 valence electrons. The molecule has 6 heteroatoms. The highest BCUT2D eigenvalue weighted by Gasteiger charge is 2.07. The molecule has 1 aromatic rings. The van der Waals surface area contributed by atoms with Crippen molar-refractivity contribution in [3.8, 4) is 11.5 Å². The van der Waals surface area contributed by atoms with E-state index in [0.29, 0.717) is 36.8 Å². The first kappa shape index (κ1) is 30.1. The summed E-state index contributed by atoms with van der Waals surface area (Å²) >= 11 is 1.42. The van der Waals surface area contributed by atoms with Crippen LogP contribution in [0.3, 0.4) is 0 Å². The Balaban J connectivity index is 2.01. The molecule has 0 aliphatic carbocycles. The number of nitrogens with two attached hydrogens (primary N) is 1. The summed E-state index contributed by atoms with van der Waals surface area (Å²) in [4.78, 5) is 12.1. The van der Waals surface area contributed by atoms with Gasteiger partial charge < -0.3 is 15.2 Å². The van der Waals surface area contributed by atoms with E-state index in [1.165, 1.54) is 56.9 Å². The minimum Gasteiger partial charge on any atom is -0.493 e. The lowest BCUT2D eigenvalue weighted by Gasteiger charge is -2.11. The van der Waals surface area contributed by atoms with Crippen molar-refractivity contribution < 1.29 is 14.3 Å². The van der Waals surface area contributed by atoms with Crippen LogP contribution in [-0.4, -0.2) is 26.2 Å². The molecule has 1 aromatic carbocycles. The zero-order valence-electron chi connectivity index (χ0n) is 21.4. The fraction of sp³-hybridized carbons (Fsp3) is 0.607. The molecule has 0 spiro atoms. The van der Waals surface area contributed by atoms with Crippen LogP contribution in [0.2, 0.25) is 0 Å². The van der Waals surface area contributed by atoms with Gasteiger partial charge in [0.25, 0.3) is 0 Å². The molecule has 0 aliphatic heterocycles. The highest BCUT2D eigenvalue weighted by molar-refractivity contribution is 7.97. The molecule has 0 radical (unpaired) electrons. The second-order valence-electron chi connectivity index (χ2n) is 8.42. The van der Waals surface area contributed by atoms with Crippen LogP contribution in [-0.2, 0) is 10.5 Å². The molecular formula is C28H46N2O3S. The summed E-state index contributed by atoms with van der Waals surface area (Å²) < 4.78 is 13.9. The van der Waals surface area contributed by atoms with Crippen molar-refractivity contribution in [2.75, 3.05) is 20.3 Å². The maximum Gasteiger partial charge on any atom is 0.229 e. The van der Waals surface area contributed by atoms with Crippen LogP contribution in [0.25, 0.3) is 0 Å². The summed E-state index contributed by atoms with van der Waals surface area (Å²) in [6.07, 6.45) is 22.9. The highest BCUT2D eigenvalue weighted by atomic mass is 32.2. The lowest BCUT2D eigenvalue weighted by Crippen LogP contribution is -2.15. The van der Waals surface area contributed by atoms with E-state index in [4.69, 9.17) is 15.2 Å². The fourth-order valence-electron chi connectivity index (χ4n) is 3.44. The summed E-state index contributed by atoms with van der Waals surface area (Å²) in [7, 11) is 1.62. The Bertz CT molecular complexity index is 707. The van der Waals surface area contributed by atoms with Gasteiger partial charge in [0, 0.05) is 18.7 Å². The topological polar surface area (TPSA) is 73.6 Å². The predicted octanol–water partition coefficient (Wildman–Crippen LogP) is 7.11. The number of rotatable bonds is 21. The van der Waals surface area contributed by atoms with E-state index < -0.39 is 0 Å². The summed E-state index contributed by atoms with van der Waals surface area (Å²) in [5.41, 5.74) is 6.55. The zero-order valence-corrected chi connectivity index (χ0v) is 22.2. The number of hydrogen-bond acceptors (Lipinski definition) is 5. The van der Waals surface area contributed by atoms with Gasteiger partial charge in [0.15, 0.2) is 11.5 Å². The van der Waals surface area contributed by atoms with Gasteiger partial charge in [-0.25, -0.2) is 0 Å². The molecule has 1 rings (SSSR count). The van der Waals surface area contributed by atoms with Crippen molar-refractivity contribution in [1.82, 2.24) is 4.72 Å². The van der Waals surface area contributed by atoms with E-state index >= 15 is 0 Å². The predicted molar refractivity (Wildman–Crippen MR) is 146 cm³/mol. The molecular weight excluding hydrogens is 444 g/mol. The third kappa shape index (κ3) is 15.8. The van der Waals surface area contributed by atoms with Crippen LogP contribution < -0.4 is 19.9 Å². The molecule has 34 heavy (non-hydrogen) atoms. The van der Waals surface area contributed by atoms with E-state index in [2.05, 4.69) is 35.9 Å². The van der Waals surface area contributed by atoms with Crippen molar-refractivity contribution in [1.29, 1.82) is 0 Å². The Morgan fingerprint density at radius 1 is 0.971 bits per heavy atom. The van der Waals surface area contributed by atoms with E-state index in [-0.39, 0.29) is 5.91 Å². The van der Waals surface area contributed by atoms with Gasteiger partial charge >= 0.3 is 0 Å². The van der Waals surface area contributed by atoms with E-state index in [0.717, 1.165) is 31.2 Å². The Morgan fingerprint density at radius 2 is 1.68 bits per heavy atom. The lowest BCUT2D eigenvalue weighted by atomic mass is 10.1. The van der Waals surface area contributed by atoms with Gasteiger partial charge in [0.2, 0.25) is 5.91 Å². The second kappa shape index (κ2) is 21.6. The molecule has 0 atom stereocenters. The van der Waals surface area contributed by atoms with Crippen molar-refractivity contribution >= 4 is 17.9 Å². The van der Waals surface area contributed by atoms with Gasteiger partial charge in [-0.1, -0.05) is 69.4 Å². The Kier molecular flexibility index (Phi) is 19.1. The number of nitrogens with one attached hydrogen (secondary N) is 1. The average molecular weight is 491 g/mol. The van der Waals surface area contributed by atoms with Crippen LogP contribution in [0.4, 0.5) is 0 Å². The van der Waals surface area contributed by atoms with E-state index in [1.54, 1.807) is 7.11 Å². The molecule has 0 bridgehead atoms. The first-order valence-electron chi connectivity index (χ1n) is 12.9. The van der Waals surface area contributed by atoms with Crippen LogP contribution in [0.15, 0.2) is 42.5 Å². The van der Waals surface area contributed by atoms with Crippen molar-refractivity contribution in [2.45, 2.75) is 89.7 Å². The summed E-state index contributed by atoms with van der Waals surface area (Å²) in [6.45, 7) is 3.15. The van der Waals surface area contributed by atoms with Gasteiger partial charge in [0.05, 0.1) is 7.11 Å². The Hall–Kier alpha value is -1.92. The maximum absolute atomic E-state index is 12.1. The monoisotopic (exact) mass is 490 g/mol. The van der Waals surface area contributed by atoms with E-state index in [1.807, 2.05) is 18.2 Å². The SMILES string of the molecule is CCCCCC=CCC=CCCCCCCCC(=O)NSCc1ccc(OCCN)c(OC)c1. The smallest absolute Gasteiger partial charge is 0.229 e. The van der Waals surface area contributed by atoms with E-state index in [9.17, 15) is 4.79 Å². The number of hydrogen-bond donors (Lipinski definition) is 2. The van der Waals surface area contributed by atoms with Crippen LogP contribution in [0.5, 0.6) is 11.5 Å². The molecule has 0 aromatic heterocycles. The number of methoxy groups -OCH3 is 1. The lowest BCUT2D eigenvalue weighted by molar-refractivity contribution is -0.119. The minimum absolute atomic E-state index is 0.102. The summed E-state index contributed by atoms with van der Waals surface area (Å²) in [5, 5.41) is 0. The molecule has 0 fully saturated rings. The second-order valence-corrected chi connectivity index (χ2v) is 9.20. The van der Waals surface area contributed by atoms with Crippen LogP contribution >= 0.6 is 11.9 Å². The van der Waals surface area contributed by atoms with Crippen LogP contribution in [0, 0.1) is 0 Å². The third-order valence-corrected chi connectivity index (χ3v) is 6.23. The molecule has 0 aliphatic rings. The van der Waals surface area contributed by atoms with Crippen molar-refractivity contribution in [3.63, 3.8) is 0 Å². The number of carbonyl (C=O) groups excluding carboxylic acids is 1. The highest BCUT2D eigenvalue weighted by Crippen LogP contribution is 2.29. The molecule has 3 N–H and O–H groups in total. The summed E-state index contributed by atoms with van der Waals surface area (Å²) in [5.74, 6) is 2.15. The molecule has 0 saturated heterocycles. The number of unbranched alkanes of at least 4 members (excludes halogenated alkanes) is 8. The van der Waals surface area contributed by atoms with Gasteiger partial charge in [-0.15, -0.1) is 0 Å². The van der Waals surface area contributed by atoms with Crippen molar-refractivity contribution in [3.05, 3.63) is 48.1 Å². The number of ether oxygens (including phenoxy) is 2. The number of allylic oxidation sites excluding steroid dienone is 4. The summed E-state index contributed by atoms with van der Waals surface area (Å²) in [6, 6.07) is 5.80. The normalized spacial score (nSPS) is 11.4. The molecule has 0 unspecified atom stereocenters. The number of benzene rings is 1.